The van der Waals surface area contributed by atoms with Crippen LogP contribution in [0.25, 0.3) is 0 Å². The van der Waals surface area contributed by atoms with Gasteiger partial charge >= 0.3 is 5.97 Å². The van der Waals surface area contributed by atoms with Gasteiger partial charge in [-0.1, -0.05) is 0 Å². The number of ether oxygens (including phenoxy) is 1. The largest absolute Gasteiger partial charge is 0.477 e. The normalized spacial score (nSPS) is 25.2. The van der Waals surface area contributed by atoms with E-state index in [0.29, 0.717) is 24.6 Å². The number of carboxylic acid groups (broad SMARTS) is 1. The fourth-order valence-electron chi connectivity index (χ4n) is 2.07. The van der Waals surface area contributed by atoms with Crippen LogP contribution in [0.5, 0.6) is 0 Å². The van der Waals surface area contributed by atoms with Crippen molar-refractivity contribution in [3.63, 3.8) is 0 Å². The fraction of sp³-hybridized carbons (Fsp3) is 0.583. The van der Waals surface area contributed by atoms with E-state index in [4.69, 9.17) is 14.9 Å². The molecule has 0 saturated carbocycles. The Labute approximate surface area is 110 Å². The van der Waals surface area contributed by atoms with Gasteiger partial charge in [0.05, 0.1) is 19.3 Å². The van der Waals surface area contributed by atoms with Crippen molar-refractivity contribution in [2.45, 2.75) is 25.6 Å². The van der Waals surface area contributed by atoms with Crippen LogP contribution in [-0.4, -0.2) is 53.0 Å². The number of carbonyl (C=O) groups is 1. The van der Waals surface area contributed by atoms with Gasteiger partial charge in [-0.2, -0.15) is 0 Å². The van der Waals surface area contributed by atoms with Gasteiger partial charge in [0.15, 0.2) is 0 Å². The second kappa shape index (κ2) is 5.79. The number of carboxylic acids is 1. The number of hydrogen-bond donors (Lipinski definition) is 2. The first kappa shape index (κ1) is 13.5. The van der Waals surface area contributed by atoms with Gasteiger partial charge in [-0.3, -0.25) is 4.90 Å². The number of hydrogen-bond acceptors (Lipinski definition) is 5. The summed E-state index contributed by atoms with van der Waals surface area (Å²) in [7, 11) is 0. The monoisotopic (exact) mass is 271 g/mol. The van der Waals surface area contributed by atoms with Crippen molar-refractivity contribution >= 4 is 17.3 Å². The Morgan fingerprint density at radius 2 is 2.44 bits per heavy atom. The highest BCUT2D eigenvalue weighted by Crippen LogP contribution is 2.21. The molecule has 2 rings (SSSR count). The van der Waals surface area contributed by atoms with Crippen LogP contribution in [0.2, 0.25) is 0 Å². The Hall–Kier alpha value is -0.950. The minimum atomic E-state index is -0.875. The first-order valence-corrected chi connectivity index (χ1v) is 6.76. The third-order valence-corrected chi connectivity index (χ3v) is 4.10. The summed E-state index contributed by atoms with van der Waals surface area (Å²) in [4.78, 5) is 13.6. The van der Waals surface area contributed by atoms with Crippen molar-refractivity contribution in [1.29, 1.82) is 0 Å². The zero-order valence-electron chi connectivity index (χ0n) is 10.2. The molecule has 2 unspecified atom stereocenters. The van der Waals surface area contributed by atoms with E-state index in [-0.39, 0.29) is 18.8 Å². The third-order valence-electron chi connectivity index (χ3n) is 3.15. The van der Waals surface area contributed by atoms with E-state index in [1.807, 2.05) is 13.0 Å². The molecule has 0 spiro atoms. The highest BCUT2D eigenvalue weighted by Gasteiger charge is 2.26. The summed E-state index contributed by atoms with van der Waals surface area (Å²) in [6.45, 7) is 3.83. The van der Waals surface area contributed by atoms with E-state index in [9.17, 15) is 4.79 Å². The molecule has 2 atom stereocenters. The van der Waals surface area contributed by atoms with E-state index >= 15 is 0 Å². The molecular weight excluding hydrogens is 254 g/mol. The topological polar surface area (TPSA) is 70.0 Å². The Kier molecular flexibility index (Phi) is 4.34. The molecule has 1 aliphatic heterocycles. The second-order valence-electron chi connectivity index (χ2n) is 4.50. The van der Waals surface area contributed by atoms with Gasteiger partial charge in [0.2, 0.25) is 0 Å². The molecule has 1 aromatic rings. The smallest absolute Gasteiger partial charge is 0.346 e. The highest BCUT2D eigenvalue weighted by atomic mass is 32.1. The van der Waals surface area contributed by atoms with Gasteiger partial charge in [0.1, 0.15) is 4.88 Å². The molecule has 1 aliphatic rings. The summed E-state index contributed by atoms with van der Waals surface area (Å²) >= 11 is 1.25. The average molecular weight is 271 g/mol. The Morgan fingerprint density at radius 1 is 1.67 bits per heavy atom. The van der Waals surface area contributed by atoms with Crippen LogP contribution in [0.1, 0.15) is 22.2 Å². The number of aliphatic hydroxyl groups is 1. The van der Waals surface area contributed by atoms with Gasteiger partial charge in [0.25, 0.3) is 0 Å². The lowest BCUT2D eigenvalue weighted by Crippen LogP contribution is -2.48. The lowest BCUT2D eigenvalue weighted by molar-refractivity contribution is -0.0805. The van der Waals surface area contributed by atoms with Gasteiger partial charge in [-0.05, 0) is 23.9 Å². The molecular formula is C12H17NO4S. The van der Waals surface area contributed by atoms with E-state index < -0.39 is 5.97 Å². The molecule has 5 nitrogen and oxygen atoms in total. The summed E-state index contributed by atoms with van der Waals surface area (Å²) in [5, 5.41) is 20.0. The number of morpholine rings is 1. The molecule has 1 saturated heterocycles. The first-order chi connectivity index (χ1) is 8.61. The zero-order valence-corrected chi connectivity index (χ0v) is 11.0. The summed E-state index contributed by atoms with van der Waals surface area (Å²) in [5.74, 6) is -0.875. The molecule has 0 aromatic carbocycles. The van der Waals surface area contributed by atoms with Crippen LogP contribution in [0.3, 0.4) is 0 Å². The molecule has 2 heterocycles. The molecule has 0 amide bonds. The number of nitrogens with zero attached hydrogens (tertiary/aromatic N) is 1. The molecule has 100 valence electrons. The molecule has 0 bridgehead atoms. The van der Waals surface area contributed by atoms with Crippen LogP contribution in [-0.2, 0) is 11.3 Å². The minimum absolute atomic E-state index is 0.00134. The Morgan fingerprint density at radius 3 is 3.11 bits per heavy atom. The van der Waals surface area contributed by atoms with Crippen molar-refractivity contribution in [1.82, 2.24) is 4.90 Å². The molecule has 6 heteroatoms. The van der Waals surface area contributed by atoms with Gasteiger partial charge < -0.3 is 14.9 Å². The summed E-state index contributed by atoms with van der Waals surface area (Å²) in [6, 6.07) is 2.08. The van der Waals surface area contributed by atoms with E-state index in [1.165, 1.54) is 11.3 Å². The minimum Gasteiger partial charge on any atom is -0.477 e. The van der Waals surface area contributed by atoms with Gasteiger partial charge in [0, 0.05) is 19.1 Å². The van der Waals surface area contributed by atoms with Crippen molar-refractivity contribution in [2.75, 3.05) is 19.8 Å². The van der Waals surface area contributed by atoms with Gasteiger partial charge in [-0.25, -0.2) is 4.79 Å². The first-order valence-electron chi connectivity index (χ1n) is 5.88. The second-order valence-corrected chi connectivity index (χ2v) is 5.41. The number of rotatable bonds is 4. The average Bonchev–Trinajstić information content (AvgIpc) is 2.80. The van der Waals surface area contributed by atoms with Crippen LogP contribution >= 0.6 is 11.3 Å². The quantitative estimate of drug-likeness (QED) is 0.856. The van der Waals surface area contributed by atoms with Crippen molar-refractivity contribution < 1.29 is 19.7 Å². The number of thiophene rings is 1. The maximum absolute atomic E-state index is 11.1. The predicted molar refractivity (Wildman–Crippen MR) is 68.0 cm³/mol. The van der Waals surface area contributed by atoms with E-state index in [1.54, 1.807) is 5.38 Å². The molecule has 0 radical (unpaired) electrons. The SMILES string of the molecule is CC1COC(CO)CN1Cc1ccsc1C(=O)O. The van der Waals surface area contributed by atoms with E-state index in [2.05, 4.69) is 4.90 Å². The van der Waals surface area contributed by atoms with Crippen LogP contribution in [0.4, 0.5) is 0 Å². The molecule has 1 fully saturated rings. The predicted octanol–water partition coefficient (Wildman–Crippen LogP) is 1.03. The molecule has 2 N–H and O–H groups in total. The van der Waals surface area contributed by atoms with Crippen LogP contribution in [0.15, 0.2) is 11.4 Å². The molecule has 18 heavy (non-hydrogen) atoms. The maximum atomic E-state index is 11.1. The van der Waals surface area contributed by atoms with Gasteiger partial charge in [-0.15, -0.1) is 11.3 Å². The Bertz CT molecular complexity index is 420. The lowest BCUT2D eigenvalue weighted by atomic mass is 10.1. The summed E-state index contributed by atoms with van der Waals surface area (Å²) in [5.41, 5.74) is 0.831. The van der Waals surface area contributed by atoms with E-state index in [0.717, 1.165) is 5.56 Å². The van der Waals surface area contributed by atoms with Crippen molar-refractivity contribution in [3.05, 3.63) is 21.9 Å². The summed E-state index contributed by atoms with van der Waals surface area (Å²) in [6.07, 6.45) is -0.173. The standard InChI is InChI=1S/C12H17NO4S/c1-8-7-17-10(6-14)5-13(8)4-9-2-3-18-11(9)12(15)16/h2-3,8,10,14H,4-7H2,1H3,(H,15,16). The molecule has 0 aliphatic carbocycles. The van der Waals surface area contributed by atoms with Crippen LogP contribution < -0.4 is 0 Å². The summed E-state index contributed by atoms with van der Waals surface area (Å²) < 4.78 is 5.46. The Balaban J connectivity index is 2.07. The zero-order chi connectivity index (χ0) is 13.1. The lowest BCUT2D eigenvalue weighted by Gasteiger charge is -2.37. The molecule has 1 aromatic heterocycles. The third kappa shape index (κ3) is 2.89. The highest BCUT2D eigenvalue weighted by molar-refractivity contribution is 7.12. The van der Waals surface area contributed by atoms with Crippen molar-refractivity contribution in [3.8, 4) is 0 Å². The number of aliphatic hydroxyl groups excluding tert-OH is 1. The number of aromatic carboxylic acids is 1. The van der Waals surface area contributed by atoms with Crippen LogP contribution in [0, 0.1) is 0 Å². The van der Waals surface area contributed by atoms with Crippen molar-refractivity contribution in [2.24, 2.45) is 0 Å². The maximum Gasteiger partial charge on any atom is 0.346 e. The fourth-order valence-corrected chi connectivity index (χ4v) is 2.83.